The number of hydrogen-bond donors (Lipinski definition) is 0. The predicted octanol–water partition coefficient (Wildman–Crippen LogP) is 3.66. The van der Waals surface area contributed by atoms with E-state index in [0.29, 0.717) is 0 Å². The Morgan fingerprint density at radius 2 is 2.00 bits per heavy atom. The van der Waals surface area contributed by atoms with Gasteiger partial charge in [0.25, 0.3) is 0 Å². The second-order valence-electron chi connectivity index (χ2n) is 5.54. The molecule has 2 nitrogen and oxygen atoms in total. The summed E-state index contributed by atoms with van der Waals surface area (Å²) in [6.45, 7) is 0. The van der Waals surface area contributed by atoms with Crippen LogP contribution < -0.4 is 0 Å². The molecule has 2 bridgehead atoms. The van der Waals surface area contributed by atoms with Gasteiger partial charge in [-0.1, -0.05) is 12.8 Å². The number of hydrogen-bond acceptors (Lipinski definition) is 2. The number of fused-ring (bicyclic) bond motifs is 2. The summed E-state index contributed by atoms with van der Waals surface area (Å²) in [5, 5.41) is 9.67. The van der Waals surface area contributed by atoms with Gasteiger partial charge in [-0.15, -0.1) is 0 Å². The van der Waals surface area contributed by atoms with Crippen LogP contribution in [0.3, 0.4) is 0 Å². The lowest BCUT2D eigenvalue weighted by atomic mass is 9.66. The highest BCUT2D eigenvalue weighted by atomic mass is 127. The van der Waals surface area contributed by atoms with Gasteiger partial charge in [0.1, 0.15) is 0 Å². The Balaban J connectivity index is 2.00. The average molecular weight is 338 g/mol. The molecule has 0 aliphatic heterocycles. The molecule has 1 heterocycles. The molecule has 1 aromatic rings. The first-order valence-electron chi connectivity index (χ1n) is 6.24. The second-order valence-corrected chi connectivity index (χ2v) is 6.78. The molecule has 3 atom stereocenters. The first-order chi connectivity index (χ1) is 8.22. The molecule has 2 fully saturated rings. The van der Waals surface area contributed by atoms with Crippen LogP contribution in [0.2, 0.25) is 0 Å². The normalized spacial score (nSPS) is 35.5. The molecule has 0 N–H and O–H groups in total. The summed E-state index contributed by atoms with van der Waals surface area (Å²) in [5.41, 5.74) is 0.890. The van der Waals surface area contributed by atoms with Gasteiger partial charge in [-0.3, -0.25) is 4.98 Å². The second kappa shape index (κ2) is 4.24. The lowest BCUT2D eigenvalue weighted by Gasteiger charge is -2.35. The summed E-state index contributed by atoms with van der Waals surface area (Å²) in [7, 11) is 0. The Hall–Kier alpha value is -0.630. The number of rotatable bonds is 1. The lowest BCUT2D eigenvalue weighted by Crippen LogP contribution is -2.32. The van der Waals surface area contributed by atoms with E-state index < -0.39 is 0 Å². The van der Waals surface area contributed by atoms with Crippen LogP contribution in [0.25, 0.3) is 0 Å². The van der Waals surface area contributed by atoms with E-state index in [1.807, 2.05) is 12.4 Å². The van der Waals surface area contributed by atoms with Gasteiger partial charge in [-0.2, -0.15) is 5.26 Å². The van der Waals surface area contributed by atoms with Crippen molar-refractivity contribution in [2.75, 3.05) is 0 Å². The lowest BCUT2D eigenvalue weighted by molar-refractivity contribution is 0.264. The number of pyridine rings is 1. The third-order valence-electron chi connectivity index (χ3n) is 4.40. The fourth-order valence-corrected chi connectivity index (χ4v) is 4.18. The number of aromatic nitrogens is 1. The summed E-state index contributed by atoms with van der Waals surface area (Å²) in [5.74, 6) is 1.54. The Kier molecular flexibility index (Phi) is 2.86. The van der Waals surface area contributed by atoms with Crippen LogP contribution in [-0.4, -0.2) is 4.98 Å². The molecule has 0 radical (unpaired) electrons. The molecule has 2 aliphatic rings. The quantitative estimate of drug-likeness (QED) is 0.733. The van der Waals surface area contributed by atoms with Crippen LogP contribution in [0, 0.1) is 26.7 Å². The molecule has 17 heavy (non-hydrogen) atoms. The maximum Gasteiger partial charge on any atom is 0.0842 e. The van der Waals surface area contributed by atoms with Gasteiger partial charge in [0.2, 0.25) is 0 Å². The zero-order valence-corrected chi connectivity index (χ0v) is 11.9. The van der Waals surface area contributed by atoms with E-state index >= 15 is 0 Å². The molecule has 0 amide bonds. The van der Waals surface area contributed by atoms with Gasteiger partial charge >= 0.3 is 0 Å². The summed E-state index contributed by atoms with van der Waals surface area (Å²) < 4.78 is 1.13. The Morgan fingerprint density at radius 3 is 2.59 bits per heavy atom. The molecule has 0 saturated heterocycles. The number of halogens is 1. The largest absolute Gasteiger partial charge is 0.263 e. The summed E-state index contributed by atoms with van der Waals surface area (Å²) in [4.78, 5) is 4.26. The van der Waals surface area contributed by atoms with Crippen LogP contribution in [-0.2, 0) is 5.41 Å². The summed E-state index contributed by atoms with van der Waals surface area (Å²) in [6.07, 6.45) is 9.84. The van der Waals surface area contributed by atoms with Crippen molar-refractivity contribution in [3.05, 3.63) is 27.6 Å². The molecule has 0 aromatic carbocycles. The van der Waals surface area contributed by atoms with Crippen molar-refractivity contribution in [1.29, 1.82) is 5.26 Å². The molecule has 2 saturated carbocycles. The predicted molar refractivity (Wildman–Crippen MR) is 74.3 cm³/mol. The van der Waals surface area contributed by atoms with Crippen LogP contribution in [0.5, 0.6) is 0 Å². The fraction of sp³-hybridized carbons (Fsp3) is 0.571. The minimum absolute atomic E-state index is 0.252. The van der Waals surface area contributed by atoms with Crippen molar-refractivity contribution in [2.45, 2.75) is 37.5 Å². The van der Waals surface area contributed by atoms with E-state index in [9.17, 15) is 5.26 Å². The number of nitrogens with zero attached hydrogens (tertiary/aromatic N) is 2. The smallest absolute Gasteiger partial charge is 0.0842 e. The molecular weight excluding hydrogens is 323 g/mol. The first-order valence-corrected chi connectivity index (χ1v) is 7.32. The van der Waals surface area contributed by atoms with E-state index in [-0.39, 0.29) is 5.41 Å². The van der Waals surface area contributed by atoms with Crippen molar-refractivity contribution in [2.24, 2.45) is 11.8 Å². The third kappa shape index (κ3) is 1.97. The highest BCUT2D eigenvalue weighted by Gasteiger charge is 2.45. The fourth-order valence-electron chi connectivity index (χ4n) is 3.68. The maximum absolute atomic E-state index is 9.67. The minimum Gasteiger partial charge on any atom is -0.263 e. The van der Waals surface area contributed by atoms with Gasteiger partial charge in [-0.25, -0.2) is 0 Å². The topological polar surface area (TPSA) is 36.7 Å². The molecular formula is C14H15IN2. The Morgan fingerprint density at radius 1 is 1.29 bits per heavy atom. The average Bonchev–Trinajstić information content (AvgIpc) is 2.69. The zero-order chi connectivity index (χ0) is 11.9. The van der Waals surface area contributed by atoms with Gasteiger partial charge in [-0.05, 0) is 65.3 Å². The van der Waals surface area contributed by atoms with E-state index in [4.69, 9.17) is 0 Å². The van der Waals surface area contributed by atoms with E-state index in [0.717, 1.165) is 33.8 Å². The van der Waals surface area contributed by atoms with E-state index in [1.165, 1.54) is 19.3 Å². The van der Waals surface area contributed by atoms with Gasteiger partial charge in [0.05, 0.1) is 11.5 Å². The van der Waals surface area contributed by atoms with Crippen molar-refractivity contribution in [3.63, 3.8) is 0 Å². The molecule has 3 rings (SSSR count). The molecule has 3 heteroatoms. The van der Waals surface area contributed by atoms with Crippen LogP contribution >= 0.6 is 22.6 Å². The van der Waals surface area contributed by atoms with Crippen LogP contribution in [0.15, 0.2) is 18.5 Å². The van der Waals surface area contributed by atoms with Crippen molar-refractivity contribution in [1.82, 2.24) is 4.98 Å². The summed E-state index contributed by atoms with van der Waals surface area (Å²) in [6, 6.07) is 4.76. The molecule has 88 valence electrons. The molecule has 1 aromatic heterocycles. The Labute approximate surface area is 116 Å². The molecule has 0 spiro atoms. The molecule has 2 aliphatic carbocycles. The monoisotopic (exact) mass is 338 g/mol. The van der Waals surface area contributed by atoms with E-state index in [2.05, 4.69) is 39.7 Å². The maximum atomic E-state index is 9.67. The zero-order valence-electron chi connectivity index (χ0n) is 9.69. The van der Waals surface area contributed by atoms with E-state index in [1.54, 1.807) is 0 Å². The van der Waals surface area contributed by atoms with Crippen molar-refractivity contribution < 1.29 is 0 Å². The van der Waals surface area contributed by atoms with Crippen LogP contribution in [0.4, 0.5) is 0 Å². The summed E-state index contributed by atoms with van der Waals surface area (Å²) >= 11 is 2.28. The standard InChI is InChI=1S/C14H15IN2/c15-13-4-12(7-17-8-13)14(9-16)5-10-1-2-11(3-10)6-14/h4,7-8,10-11H,1-3,5-6H2/t10-,11+,14?. The highest BCUT2D eigenvalue weighted by Crippen LogP contribution is 2.51. The van der Waals surface area contributed by atoms with Crippen LogP contribution in [0.1, 0.15) is 37.7 Å². The van der Waals surface area contributed by atoms with Gasteiger partial charge in [0.15, 0.2) is 0 Å². The van der Waals surface area contributed by atoms with Gasteiger partial charge in [0, 0.05) is 16.0 Å². The SMILES string of the molecule is N#CC1(c2cncc(I)c2)C[C@@H]2CC[C@@H](C2)C1. The molecule has 1 unspecified atom stereocenters. The highest BCUT2D eigenvalue weighted by molar-refractivity contribution is 14.1. The van der Waals surface area contributed by atoms with Crippen molar-refractivity contribution >= 4 is 22.6 Å². The number of nitriles is 1. The first kappa shape index (κ1) is 11.5. The third-order valence-corrected chi connectivity index (χ3v) is 4.99. The Bertz CT molecular complexity index is 465. The van der Waals surface area contributed by atoms with Crippen molar-refractivity contribution in [3.8, 4) is 6.07 Å². The van der Waals surface area contributed by atoms with Gasteiger partial charge < -0.3 is 0 Å². The minimum atomic E-state index is -0.252.